The van der Waals surface area contributed by atoms with E-state index < -0.39 is 28.8 Å². The molecule has 0 saturated carbocycles. The molecule has 0 aliphatic carbocycles. The molecule has 9 nitrogen and oxygen atoms in total. The molecule has 1 amide bonds. The number of carboxylic acids is 1. The van der Waals surface area contributed by atoms with Crippen LogP contribution in [-0.2, 0) is 11.2 Å². The molecule has 3 rings (SSSR count). The van der Waals surface area contributed by atoms with Gasteiger partial charge in [0, 0.05) is 37.6 Å². The molecule has 1 heterocycles. The van der Waals surface area contributed by atoms with E-state index in [4.69, 9.17) is 23.2 Å². The van der Waals surface area contributed by atoms with Crippen LogP contribution in [-0.4, -0.2) is 41.1 Å². The second kappa shape index (κ2) is 13.4. The monoisotopic (exact) mass is 560 g/mol. The Balaban J connectivity index is 1.73. The van der Waals surface area contributed by atoms with E-state index >= 15 is 0 Å². The van der Waals surface area contributed by atoms with Crippen LogP contribution in [0.1, 0.15) is 55.5 Å². The highest BCUT2D eigenvalue weighted by atomic mass is 35.5. The van der Waals surface area contributed by atoms with E-state index in [9.17, 15) is 24.3 Å². The van der Waals surface area contributed by atoms with Crippen LogP contribution in [0.4, 0.5) is 17.1 Å². The molecule has 0 saturated heterocycles. The largest absolute Gasteiger partial charge is 0.480 e. The smallest absolute Gasteiger partial charge is 0.326 e. The van der Waals surface area contributed by atoms with Gasteiger partial charge in [-0.15, -0.1) is 0 Å². The number of rotatable bonds is 14. The maximum Gasteiger partial charge on any atom is 0.326 e. The summed E-state index contributed by atoms with van der Waals surface area (Å²) in [6.45, 7) is 5.33. The zero-order chi connectivity index (χ0) is 27.8. The molecule has 3 aromatic rings. The highest BCUT2D eigenvalue weighted by molar-refractivity contribution is 6.40. The summed E-state index contributed by atoms with van der Waals surface area (Å²) >= 11 is 12.1. The van der Waals surface area contributed by atoms with Crippen molar-refractivity contribution in [2.24, 2.45) is 0 Å². The van der Waals surface area contributed by atoms with E-state index in [0.29, 0.717) is 24.3 Å². The molecule has 2 aromatic carbocycles. The lowest BCUT2D eigenvalue weighted by Crippen LogP contribution is -2.46. The van der Waals surface area contributed by atoms with Gasteiger partial charge in [0.1, 0.15) is 17.4 Å². The molecular weight excluding hydrogens is 531 g/mol. The van der Waals surface area contributed by atoms with E-state index in [-0.39, 0.29) is 33.4 Å². The standard InChI is InChI=1S/C27H30Cl2N4O5/c1-3-5-11-33(12-6-4-2)23-22(24(34)25(23)35)32-20(27(37)38)13-16-7-9-17(10-8-16)31-26(36)21-18(28)14-30-15-19(21)29/h7-10,14-15,20,32H,3-6,11-13H2,1-2H3,(H,31,36)(H,37,38)/t20-/m0/s1. The Morgan fingerprint density at radius 3 is 2.08 bits per heavy atom. The van der Waals surface area contributed by atoms with Crippen LogP contribution in [0.5, 0.6) is 0 Å². The van der Waals surface area contributed by atoms with E-state index in [0.717, 1.165) is 25.7 Å². The van der Waals surface area contributed by atoms with E-state index in [1.54, 1.807) is 24.3 Å². The third-order valence-corrected chi connectivity index (χ3v) is 6.69. The number of halogens is 2. The van der Waals surface area contributed by atoms with Crippen molar-refractivity contribution in [3.8, 4) is 0 Å². The molecule has 0 radical (unpaired) electrons. The summed E-state index contributed by atoms with van der Waals surface area (Å²) < 4.78 is 0. The van der Waals surface area contributed by atoms with Crippen LogP contribution >= 0.6 is 23.2 Å². The number of aliphatic carboxylic acids is 1. The van der Waals surface area contributed by atoms with Gasteiger partial charge in [0.25, 0.3) is 16.8 Å². The van der Waals surface area contributed by atoms with E-state index in [1.165, 1.54) is 12.4 Å². The Labute approximate surface area is 230 Å². The number of nitrogens with zero attached hydrogens (tertiary/aromatic N) is 2. The zero-order valence-corrected chi connectivity index (χ0v) is 22.7. The SMILES string of the molecule is CCCCN(CCCC)c1c(N[C@@H](Cc2ccc(NC(=O)c3c(Cl)cncc3Cl)cc2)C(=O)O)c(=O)c1=O. The number of unbranched alkanes of at least 4 members (excludes halogenated alkanes) is 2. The maximum absolute atomic E-state index is 12.6. The number of anilines is 3. The van der Waals surface area contributed by atoms with Gasteiger partial charge in [-0.3, -0.25) is 19.4 Å². The van der Waals surface area contributed by atoms with E-state index in [2.05, 4.69) is 15.6 Å². The molecule has 0 unspecified atom stereocenters. The fourth-order valence-corrected chi connectivity index (χ4v) is 4.54. The molecule has 0 aliphatic heterocycles. The van der Waals surface area contributed by atoms with Crippen LogP contribution in [0, 0.1) is 0 Å². The lowest BCUT2D eigenvalue weighted by Gasteiger charge is -2.29. The maximum atomic E-state index is 12.6. The first-order valence-electron chi connectivity index (χ1n) is 12.4. The Kier molecular flexibility index (Phi) is 10.3. The van der Waals surface area contributed by atoms with E-state index in [1.807, 2.05) is 18.7 Å². The predicted molar refractivity (Wildman–Crippen MR) is 151 cm³/mol. The summed E-state index contributed by atoms with van der Waals surface area (Å²) in [6.07, 6.45) is 6.25. The number of nitrogens with one attached hydrogen (secondary N) is 2. The van der Waals surface area contributed by atoms with Crippen molar-refractivity contribution in [3.63, 3.8) is 0 Å². The van der Waals surface area contributed by atoms with Gasteiger partial charge in [0.05, 0.1) is 15.6 Å². The minimum absolute atomic E-state index is 0.0493. The van der Waals surface area contributed by atoms with Gasteiger partial charge in [-0.05, 0) is 30.5 Å². The lowest BCUT2D eigenvalue weighted by atomic mass is 10.0. The van der Waals surface area contributed by atoms with Gasteiger partial charge in [-0.25, -0.2) is 4.79 Å². The van der Waals surface area contributed by atoms with Gasteiger partial charge in [0.2, 0.25) is 0 Å². The molecule has 0 aliphatic rings. The second-order valence-electron chi connectivity index (χ2n) is 8.94. The number of amides is 1. The molecule has 0 bridgehead atoms. The van der Waals surface area contributed by atoms with Crippen molar-refractivity contribution in [1.29, 1.82) is 0 Å². The first-order chi connectivity index (χ1) is 18.2. The van der Waals surface area contributed by atoms with Gasteiger partial charge >= 0.3 is 5.97 Å². The molecule has 0 spiro atoms. The number of carbonyl (C=O) groups is 2. The van der Waals surface area contributed by atoms with Gasteiger partial charge in [-0.1, -0.05) is 62.0 Å². The lowest BCUT2D eigenvalue weighted by molar-refractivity contribution is -0.137. The van der Waals surface area contributed by atoms with Crippen molar-refractivity contribution >= 4 is 52.1 Å². The molecular formula is C27H30Cl2N4O5. The van der Waals surface area contributed by atoms with Crippen molar-refractivity contribution in [3.05, 3.63) is 78.3 Å². The third-order valence-electron chi connectivity index (χ3n) is 6.11. The van der Waals surface area contributed by atoms with Crippen molar-refractivity contribution < 1.29 is 14.7 Å². The minimum atomic E-state index is -1.16. The first-order valence-corrected chi connectivity index (χ1v) is 13.2. The Bertz CT molecular complexity index is 1320. The second-order valence-corrected chi connectivity index (χ2v) is 9.76. The fourth-order valence-electron chi connectivity index (χ4n) is 4.00. The van der Waals surface area contributed by atoms with Gasteiger partial charge in [0.15, 0.2) is 0 Å². The number of benzene rings is 1. The number of hydrogen-bond donors (Lipinski definition) is 3. The predicted octanol–water partition coefficient (Wildman–Crippen LogP) is 4.75. The molecule has 38 heavy (non-hydrogen) atoms. The molecule has 1 aromatic heterocycles. The van der Waals surface area contributed by atoms with Crippen LogP contribution in [0.25, 0.3) is 0 Å². The van der Waals surface area contributed by atoms with Crippen LogP contribution in [0.15, 0.2) is 46.2 Å². The average Bonchev–Trinajstić information content (AvgIpc) is 2.89. The molecule has 3 N–H and O–H groups in total. The first kappa shape index (κ1) is 29.1. The molecule has 1 atom stereocenters. The van der Waals surface area contributed by atoms with Crippen molar-refractivity contribution in [2.75, 3.05) is 28.6 Å². The quantitative estimate of drug-likeness (QED) is 0.241. The molecule has 0 fully saturated rings. The number of carboxylic acid groups (broad SMARTS) is 1. The minimum Gasteiger partial charge on any atom is -0.480 e. The summed E-state index contributed by atoms with van der Waals surface area (Å²) in [7, 11) is 0. The fraction of sp³-hybridized carbons (Fsp3) is 0.370. The summed E-state index contributed by atoms with van der Waals surface area (Å²) in [4.78, 5) is 55.2. The summed E-state index contributed by atoms with van der Waals surface area (Å²) in [5, 5.41) is 15.6. The average molecular weight is 561 g/mol. The number of carbonyl (C=O) groups excluding carboxylic acids is 1. The van der Waals surface area contributed by atoms with Crippen LogP contribution < -0.4 is 26.4 Å². The van der Waals surface area contributed by atoms with Crippen molar-refractivity contribution in [1.82, 2.24) is 4.98 Å². The van der Waals surface area contributed by atoms with Gasteiger partial charge < -0.3 is 20.6 Å². The van der Waals surface area contributed by atoms with Gasteiger partial charge in [-0.2, -0.15) is 0 Å². The van der Waals surface area contributed by atoms with Crippen molar-refractivity contribution in [2.45, 2.75) is 52.0 Å². The third kappa shape index (κ3) is 6.90. The summed E-state index contributed by atoms with van der Waals surface area (Å²) in [5.74, 6) is -1.67. The Morgan fingerprint density at radius 2 is 1.55 bits per heavy atom. The number of pyridine rings is 1. The van der Waals surface area contributed by atoms with Crippen LogP contribution in [0.2, 0.25) is 10.0 Å². The summed E-state index contributed by atoms with van der Waals surface area (Å²) in [6, 6.07) is 5.44. The normalized spacial score (nSPS) is 11.8. The highest BCUT2D eigenvalue weighted by Crippen LogP contribution is 2.25. The Morgan fingerprint density at radius 1 is 0.974 bits per heavy atom. The molecule has 202 valence electrons. The summed E-state index contributed by atoms with van der Waals surface area (Å²) in [5.41, 5.74) is 0.248. The highest BCUT2D eigenvalue weighted by Gasteiger charge is 2.29. The topological polar surface area (TPSA) is 129 Å². The zero-order valence-electron chi connectivity index (χ0n) is 21.2. The number of hydrogen-bond acceptors (Lipinski definition) is 7. The molecule has 11 heteroatoms. The van der Waals surface area contributed by atoms with Crippen LogP contribution in [0.3, 0.4) is 0 Å². The number of aromatic nitrogens is 1. The Hall–Kier alpha value is -3.43.